The highest BCUT2D eigenvalue weighted by molar-refractivity contribution is 8.00. The Bertz CT molecular complexity index is 886. The van der Waals surface area contributed by atoms with Gasteiger partial charge in [0.1, 0.15) is 5.82 Å². The first kappa shape index (κ1) is 17.4. The van der Waals surface area contributed by atoms with Gasteiger partial charge in [-0.05, 0) is 43.3 Å². The number of benzene rings is 1. The molecule has 0 fully saturated rings. The lowest BCUT2D eigenvalue weighted by Crippen LogP contribution is -2.22. The van der Waals surface area contributed by atoms with Crippen LogP contribution in [-0.4, -0.2) is 21.1 Å². The van der Waals surface area contributed by atoms with Crippen LogP contribution in [0, 0.1) is 5.82 Å². The van der Waals surface area contributed by atoms with Crippen molar-refractivity contribution in [3.8, 4) is 11.3 Å². The van der Waals surface area contributed by atoms with Gasteiger partial charge < -0.3 is 9.73 Å². The molecule has 1 unspecified atom stereocenters. The van der Waals surface area contributed by atoms with Crippen molar-refractivity contribution in [2.75, 3.05) is 5.32 Å². The minimum absolute atomic E-state index is 0.225. The summed E-state index contributed by atoms with van der Waals surface area (Å²) in [4.78, 5) is 20.3. The molecule has 5 nitrogen and oxygen atoms in total. The average molecular weight is 378 g/mol. The van der Waals surface area contributed by atoms with Gasteiger partial charge in [-0.15, -0.1) is 0 Å². The van der Waals surface area contributed by atoms with Gasteiger partial charge in [0.2, 0.25) is 5.91 Å². The van der Waals surface area contributed by atoms with E-state index in [1.165, 1.54) is 30.1 Å². The van der Waals surface area contributed by atoms with Crippen molar-refractivity contribution in [2.24, 2.45) is 0 Å². The number of oxazole rings is 1. The van der Waals surface area contributed by atoms with Crippen LogP contribution >= 0.6 is 23.4 Å². The first-order valence-corrected chi connectivity index (χ1v) is 8.58. The Morgan fingerprint density at radius 3 is 2.76 bits per heavy atom. The lowest BCUT2D eigenvalue weighted by Gasteiger charge is -2.10. The van der Waals surface area contributed by atoms with Crippen LogP contribution in [0.25, 0.3) is 11.3 Å². The molecule has 0 bridgehead atoms. The van der Waals surface area contributed by atoms with Crippen molar-refractivity contribution in [1.29, 1.82) is 0 Å². The van der Waals surface area contributed by atoms with Crippen molar-refractivity contribution >= 4 is 35.0 Å². The van der Waals surface area contributed by atoms with Gasteiger partial charge in [-0.2, -0.15) is 0 Å². The number of rotatable bonds is 5. The number of anilines is 1. The molecule has 8 heteroatoms. The maximum atomic E-state index is 13.0. The second-order valence-electron chi connectivity index (χ2n) is 5.09. The van der Waals surface area contributed by atoms with Crippen molar-refractivity contribution in [1.82, 2.24) is 9.97 Å². The molecule has 25 heavy (non-hydrogen) atoms. The largest absolute Gasteiger partial charge is 0.431 e. The lowest BCUT2D eigenvalue weighted by atomic mass is 10.2. The van der Waals surface area contributed by atoms with Gasteiger partial charge in [0.05, 0.1) is 17.1 Å². The summed E-state index contributed by atoms with van der Waals surface area (Å²) in [6.45, 7) is 1.73. The molecule has 128 valence electrons. The zero-order valence-corrected chi connectivity index (χ0v) is 14.6. The van der Waals surface area contributed by atoms with Crippen LogP contribution in [0.2, 0.25) is 5.15 Å². The van der Waals surface area contributed by atoms with Gasteiger partial charge in [-0.3, -0.25) is 4.79 Å². The number of pyridine rings is 1. The molecule has 0 spiro atoms. The smallest absolute Gasteiger partial charge is 0.256 e. The highest BCUT2D eigenvalue weighted by atomic mass is 35.5. The molecule has 1 atom stereocenters. The third-order valence-electron chi connectivity index (χ3n) is 3.28. The van der Waals surface area contributed by atoms with Crippen LogP contribution < -0.4 is 5.32 Å². The molecule has 1 N–H and O–H groups in total. The number of thioether (sulfide) groups is 1. The van der Waals surface area contributed by atoms with Gasteiger partial charge in [-0.1, -0.05) is 23.4 Å². The molecule has 3 rings (SSSR count). The second-order valence-corrected chi connectivity index (χ2v) is 6.74. The van der Waals surface area contributed by atoms with Crippen molar-refractivity contribution in [3.05, 3.63) is 59.8 Å². The SMILES string of the molecule is CC(Sc1ncc(-c2ccc(F)cc2)o1)C(=O)Nc1cccnc1Cl. The topological polar surface area (TPSA) is 68.0 Å². The quantitative estimate of drug-likeness (QED) is 0.518. The van der Waals surface area contributed by atoms with Crippen LogP contribution in [0.15, 0.2) is 58.4 Å². The number of nitrogens with zero attached hydrogens (tertiary/aromatic N) is 2. The fourth-order valence-corrected chi connectivity index (χ4v) is 2.87. The summed E-state index contributed by atoms with van der Waals surface area (Å²) in [7, 11) is 0. The standard InChI is InChI=1S/C17H13ClFN3O2S/c1-10(16(23)22-13-3-2-8-20-15(13)18)25-17-21-9-14(24-17)11-4-6-12(19)7-5-11/h2-10H,1H3,(H,22,23). The molecule has 1 amide bonds. The van der Waals surface area contributed by atoms with E-state index in [0.29, 0.717) is 22.2 Å². The zero-order chi connectivity index (χ0) is 17.8. The molecular weight excluding hydrogens is 365 g/mol. The third kappa shape index (κ3) is 4.37. The van der Waals surface area contributed by atoms with E-state index in [1.807, 2.05) is 0 Å². The monoisotopic (exact) mass is 377 g/mol. The van der Waals surface area contributed by atoms with E-state index in [9.17, 15) is 9.18 Å². The van der Waals surface area contributed by atoms with Crippen LogP contribution in [0.1, 0.15) is 6.92 Å². The second kappa shape index (κ2) is 7.67. The average Bonchev–Trinajstić information content (AvgIpc) is 3.06. The van der Waals surface area contributed by atoms with Crippen LogP contribution in [0.3, 0.4) is 0 Å². The Balaban J connectivity index is 1.65. The van der Waals surface area contributed by atoms with Crippen LogP contribution in [0.4, 0.5) is 10.1 Å². The Labute approximate surface area is 152 Å². The molecule has 2 aromatic heterocycles. The van der Waals surface area contributed by atoms with E-state index in [0.717, 1.165) is 0 Å². The molecule has 0 aliphatic rings. The first-order valence-electron chi connectivity index (χ1n) is 7.33. The molecule has 0 radical (unpaired) electrons. The third-order valence-corrected chi connectivity index (χ3v) is 4.54. The highest BCUT2D eigenvalue weighted by Crippen LogP contribution is 2.29. The summed E-state index contributed by atoms with van der Waals surface area (Å²) in [6, 6.07) is 9.25. The van der Waals surface area contributed by atoms with Crippen LogP contribution in [-0.2, 0) is 4.79 Å². The lowest BCUT2D eigenvalue weighted by molar-refractivity contribution is -0.115. The maximum Gasteiger partial charge on any atom is 0.256 e. The van der Waals surface area contributed by atoms with Crippen molar-refractivity contribution in [3.63, 3.8) is 0 Å². The number of hydrogen-bond acceptors (Lipinski definition) is 5. The Morgan fingerprint density at radius 2 is 2.04 bits per heavy atom. The fraction of sp³-hybridized carbons (Fsp3) is 0.118. The first-order chi connectivity index (χ1) is 12.0. The van der Waals surface area contributed by atoms with E-state index in [4.69, 9.17) is 16.0 Å². The number of carbonyl (C=O) groups excluding carboxylic acids is 1. The van der Waals surface area contributed by atoms with E-state index in [2.05, 4.69) is 15.3 Å². The van der Waals surface area contributed by atoms with E-state index >= 15 is 0 Å². The van der Waals surface area contributed by atoms with E-state index in [-0.39, 0.29) is 16.9 Å². The van der Waals surface area contributed by atoms with E-state index in [1.54, 1.807) is 37.4 Å². The summed E-state index contributed by atoms with van der Waals surface area (Å²) >= 11 is 7.09. The number of nitrogens with one attached hydrogen (secondary N) is 1. The molecule has 0 aliphatic carbocycles. The minimum atomic E-state index is -0.462. The fourth-order valence-electron chi connectivity index (χ4n) is 1.98. The maximum absolute atomic E-state index is 13.0. The predicted octanol–water partition coefficient (Wildman–Crippen LogP) is 4.65. The molecule has 0 saturated heterocycles. The Morgan fingerprint density at radius 1 is 1.28 bits per heavy atom. The number of aromatic nitrogens is 2. The molecule has 1 aromatic carbocycles. The summed E-state index contributed by atoms with van der Waals surface area (Å²) in [5.41, 5.74) is 1.15. The van der Waals surface area contributed by atoms with Gasteiger partial charge >= 0.3 is 0 Å². The number of hydrogen-bond donors (Lipinski definition) is 1. The highest BCUT2D eigenvalue weighted by Gasteiger charge is 2.19. The Hall–Kier alpha value is -2.38. The Kier molecular flexibility index (Phi) is 5.35. The molecule has 0 aliphatic heterocycles. The summed E-state index contributed by atoms with van der Waals surface area (Å²) in [5.74, 6) is -0.0657. The molecule has 2 heterocycles. The van der Waals surface area contributed by atoms with Crippen LogP contribution in [0.5, 0.6) is 0 Å². The summed E-state index contributed by atoms with van der Waals surface area (Å²) in [6.07, 6.45) is 3.08. The van der Waals surface area contributed by atoms with Gasteiger partial charge in [0.25, 0.3) is 5.22 Å². The van der Waals surface area contributed by atoms with Gasteiger partial charge in [0, 0.05) is 11.8 Å². The number of carbonyl (C=O) groups is 1. The van der Waals surface area contributed by atoms with E-state index < -0.39 is 5.25 Å². The normalized spacial score (nSPS) is 12.0. The zero-order valence-electron chi connectivity index (χ0n) is 13.1. The van der Waals surface area contributed by atoms with Gasteiger partial charge in [0.15, 0.2) is 10.9 Å². The molecule has 3 aromatic rings. The summed E-state index contributed by atoms with van der Waals surface area (Å²) in [5, 5.41) is 2.82. The molecule has 0 saturated carbocycles. The molecular formula is C17H13ClFN3O2S. The number of halogens is 2. The van der Waals surface area contributed by atoms with Crippen molar-refractivity contribution < 1.29 is 13.6 Å². The van der Waals surface area contributed by atoms with Crippen molar-refractivity contribution in [2.45, 2.75) is 17.4 Å². The predicted molar refractivity (Wildman–Crippen MR) is 95.1 cm³/mol. The van der Waals surface area contributed by atoms with Gasteiger partial charge in [-0.25, -0.2) is 14.4 Å². The minimum Gasteiger partial charge on any atom is -0.431 e. The summed E-state index contributed by atoms with van der Waals surface area (Å²) < 4.78 is 18.6. The number of amides is 1.